The maximum absolute atomic E-state index is 11.6. The number of aryl methyl sites for hydroxylation is 1. The van der Waals surface area contributed by atoms with Crippen LogP contribution in [0.4, 0.5) is 0 Å². The van der Waals surface area contributed by atoms with Crippen LogP contribution in [0.3, 0.4) is 0 Å². The summed E-state index contributed by atoms with van der Waals surface area (Å²) in [5.74, 6) is -1.05. The van der Waals surface area contributed by atoms with Crippen LogP contribution < -0.4 is 0 Å². The lowest BCUT2D eigenvalue weighted by atomic mass is 10.0. The van der Waals surface area contributed by atoms with Crippen molar-refractivity contribution in [1.29, 1.82) is 0 Å². The first-order valence-corrected chi connectivity index (χ1v) is 7.84. The third-order valence-electron chi connectivity index (χ3n) is 3.34. The molecule has 0 bridgehead atoms. The third-order valence-corrected chi connectivity index (χ3v) is 3.71. The van der Waals surface area contributed by atoms with Gasteiger partial charge in [-0.2, -0.15) is 0 Å². The number of hydrogen-bond donors (Lipinski definition) is 1. The van der Waals surface area contributed by atoms with Crippen molar-refractivity contribution in [2.45, 2.75) is 20.8 Å². The zero-order valence-electron chi connectivity index (χ0n) is 13.3. The van der Waals surface area contributed by atoms with E-state index in [-0.39, 0.29) is 10.6 Å². The number of benzene rings is 2. The van der Waals surface area contributed by atoms with E-state index < -0.39 is 5.97 Å². The third kappa shape index (κ3) is 3.35. The van der Waals surface area contributed by atoms with Gasteiger partial charge in [0.2, 0.25) is 0 Å². The Balaban J connectivity index is 0.000000924. The Bertz CT molecular complexity index is 845. The second-order valence-electron chi connectivity index (χ2n) is 4.84. The molecule has 0 fully saturated rings. The largest absolute Gasteiger partial charge is 0.478 e. The molecule has 1 N–H and O–H groups in total. The predicted molar refractivity (Wildman–Crippen MR) is 95.2 cm³/mol. The van der Waals surface area contributed by atoms with Gasteiger partial charge in [-0.05, 0) is 19.1 Å². The average molecular weight is 328 g/mol. The van der Waals surface area contributed by atoms with Crippen molar-refractivity contribution in [3.63, 3.8) is 0 Å². The maximum atomic E-state index is 11.6. The minimum atomic E-state index is -1.05. The zero-order valence-corrected chi connectivity index (χ0v) is 14.1. The number of aromatic nitrogens is 1. The van der Waals surface area contributed by atoms with E-state index >= 15 is 0 Å². The molecule has 118 valence electrons. The van der Waals surface area contributed by atoms with E-state index in [2.05, 4.69) is 4.98 Å². The summed E-state index contributed by atoms with van der Waals surface area (Å²) in [6, 6.07) is 14.9. The van der Waals surface area contributed by atoms with Crippen molar-refractivity contribution in [3.8, 4) is 11.3 Å². The first-order valence-electron chi connectivity index (χ1n) is 7.46. The van der Waals surface area contributed by atoms with Gasteiger partial charge >= 0.3 is 5.97 Å². The van der Waals surface area contributed by atoms with Gasteiger partial charge in [0.15, 0.2) is 0 Å². The van der Waals surface area contributed by atoms with Gasteiger partial charge in [0.1, 0.15) is 0 Å². The Kier molecular flexibility index (Phi) is 5.35. The summed E-state index contributed by atoms with van der Waals surface area (Å²) in [6.07, 6.45) is 0. The first kappa shape index (κ1) is 17.0. The second-order valence-corrected chi connectivity index (χ2v) is 5.22. The summed E-state index contributed by atoms with van der Waals surface area (Å²) in [5, 5.41) is 10.2. The number of rotatable bonds is 2. The Morgan fingerprint density at radius 2 is 1.74 bits per heavy atom. The van der Waals surface area contributed by atoms with Crippen molar-refractivity contribution in [2.24, 2.45) is 0 Å². The van der Waals surface area contributed by atoms with Gasteiger partial charge in [-0.1, -0.05) is 67.4 Å². The normalized spacial score (nSPS) is 10.1. The van der Waals surface area contributed by atoms with E-state index in [1.165, 1.54) is 0 Å². The molecule has 0 saturated heterocycles. The highest BCUT2D eigenvalue weighted by atomic mass is 35.5. The molecule has 3 aromatic rings. The number of fused-ring (bicyclic) bond motifs is 1. The standard InChI is InChI=1S/C17H12ClNO2.C2H6/c1-10-7-8-13-12(9-10)14(17(20)21)15(18)16(19-13)11-5-3-2-4-6-11;1-2/h2-9H,1H3,(H,20,21);1-2H3. The van der Waals surface area contributed by atoms with Crippen LogP contribution in [0.5, 0.6) is 0 Å². The van der Waals surface area contributed by atoms with E-state index in [0.29, 0.717) is 16.6 Å². The molecule has 0 aliphatic heterocycles. The highest BCUT2D eigenvalue weighted by Gasteiger charge is 2.19. The van der Waals surface area contributed by atoms with Crippen LogP contribution >= 0.6 is 11.6 Å². The summed E-state index contributed by atoms with van der Waals surface area (Å²) in [7, 11) is 0. The summed E-state index contributed by atoms with van der Waals surface area (Å²) < 4.78 is 0. The fraction of sp³-hybridized carbons (Fsp3) is 0.158. The fourth-order valence-electron chi connectivity index (χ4n) is 2.35. The molecule has 3 nitrogen and oxygen atoms in total. The molecular formula is C19H18ClNO2. The first-order chi connectivity index (χ1) is 11.1. The lowest BCUT2D eigenvalue weighted by molar-refractivity contribution is 0.0699. The van der Waals surface area contributed by atoms with Crippen LogP contribution in [0.25, 0.3) is 22.2 Å². The molecule has 2 aromatic carbocycles. The van der Waals surface area contributed by atoms with Gasteiger partial charge in [-0.25, -0.2) is 9.78 Å². The Labute approximate surface area is 140 Å². The number of carbonyl (C=O) groups is 1. The minimum absolute atomic E-state index is 0.101. The molecule has 3 rings (SSSR count). The molecule has 0 aliphatic rings. The van der Waals surface area contributed by atoms with Crippen LogP contribution in [-0.4, -0.2) is 16.1 Å². The number of nitrogens with zero attached hydrogens (tertiary/aromatic N) is 1. The van der Waals surface area contributed by atoms with E-state index in [1.807, 2.05) is 63.2 Å². The lowest BCUT2D eigenvalue weighted by Gasteiger charge is -2.11. The average Bonchev–Trinajstić information content (AvgIpc) is 2.56. The molecule has 23 heavy (non-hydrogen) atoms. The van der Waals surface area contributed by atoms with Gasteiger partial charge in [-0.3, -0.25) is 0 Å². The van der Waals surface area contributed by atoms with Crippen LogP contribution in [0.15, 0.2) is 48.5 Å². The minimum Gasteiger partial charge on any atom is -0.478 e. The van der Waals surface area contributed by atoms with Crippen LogP contribution in [-0.2, 0) is 0 Å². The molecule has 0 amide bonds. The zero-order chi connectivity index (χ0) is 17.0. The quantitative estimate of drug-likeness (QED) is 0.667. The molecule has 0 spiro atoms. The van der Waals surface area contributed by atoms with Crippen LogP contribution in [0.1, 0.15) is 29.8 Å². The Morgan fingerprint density at radius 3 is 2.35 bits per heavy atom. The molecule has 0 unspecified atom stereocenters. The smallest absolute Gasteiger partial charge is 0.337 e. The number of halogens is 1. The molecule has 0 saturated carbocycles. The number of hydrogen-bond acceptors (Lipinski definition) is 2. The highest BCUT2D eigenvalue weighted by molar-refractivity contribution is 6.37. The van der Waals surface area contributed by atoms with Gasteiger partial charge in [-0.15, -0.1) is 0 Å². The van der Waals surface area contributed by atoms with E-state index in [9.17, 15) is 9.90 Å². The van der Waals surface area contributed by atoms with Crippen molar-refractivity contribution in [3.05, 3.63) is 64.7 Å². The number of pyridine rings is 1. The molecule has 0 atom stereocenters. The summed E-state index contributed by atoms with van der Waals surface area (Å²) >= 11 is 6.33. The Hall–Kier alpha value is -2.39. The fourth-order valence-corrected chi connectivity index (χ4v) is 2.68. The van der Waals surface area contributed by atoms with Crippen molar-refractivity contribution < 1.29 is 9.90 Å². The van der Waals surface area contributed by atoms with E-state index in [1.54, 1.807) is 6.07 Å². The summed E-state index contributed by atoms with van der Waals surface area (Å²) in [6.45, 7) is 5.91. The molecular weight excluding hydrogens is 310 g/mol. The van der Waals surface area contributed by atoms with Crippen molar-refractivity contribution in [2.75, 3.05) is 0 Å². The topological polar surface area (TPSA) is 50.2 Å². The number of carboxylic acids is 1. The number of carboxylic acid groups (broad SMARTS) is 1. The van der Waals surface area contributed by atoms with Gasteiger partial charge in [0.25, 0.3) is 0 Å². The van der Waals surface area contributed by atoms with Gasteiger partial charge in [0, 0.05) is 10.9 Å². The highest BCUT2D eigenvalue weighted by Crippen LogP contribution is 2.34. The lowest BCUT2D eigenvalue weighted by Crippen LogP contribution is -2.02. The molecule has 0 aliphatic carbocycles. The van der Waals surface area contributed by atoms with Gasteiger partial charge < -0.3 is 5.11 Å². The Morgan fingerprint density at radius 1 is 1.09 bits per heavy atom. The van der Waals surface area contributed by atoms with Crippen molar-refractivity contribution >= 4 is 28.5 Å². The maximum Gasteiger partial charge on any atom is 0.337 e. The molecule has 0 radical (unpaired) electrons. The monoisotopic (exact) mass is 327 g/mol. The summed E-state index contributed by atoms with van der Waals surface area (Å²) in [4.78, 5) is 16.2. The van der Waals surface area contributed by atoms with E-state index in [4.69, 9.17) is 11.6 Å². The second kappa shape index (κ2) is 7.25. The van der Waals surface area contributed by atoms with Crippen LogP contribution in [0, 0.1) is 6.92 Å². The van der Waals surface area contributed by atoms with Crippen molar-refractivity contribution in [1.82, 2.24) is 4.98 Å². The van der Waals surface area contributed by atoms with E-state index in [0.717, 1.165) is 11.1 Å². The molecule has 1 aromatic heterocycles. The van der Waals surface area contributed by atoms with Gasteiger partial charge in [0.05, 0.1) is 21.8 Å². The molecule has 1 heterocycles. The molecule has 4 heteroatoms. The summed E-state index contributed by atoms with van der Waals surface area (Å²) in [5.41, 5.74) is 2.99. The van der Waals surface area contributed by atoms with Crippen LogP contribution in [0.2, 0.25) is 5.02 Å². The number of aromatic carboxylic acids is 1. The SMILES string of the molecule is CC.Cc1ccc2nc(-c3ccccc3)c(Cl)c(C(=O)O)c2c1. The predicted octanol–water partition coefficient (Wildman–Crippen LogP) is 5.59.